The van der Waals surface area contributed by atoms with E-state index in [1.807, 2.05) is 18.0 Å². The van der Waals surface area contributed by atoms with Gasteiger partial charge in [-0.15, -0.1) is 0 Å². The van der Waals surface area contributed by atoms with Crippen LogP contribution in [0.3, 0.4) is 0 Å². The Hall–Kier alpha value is -0.810. The van der Waals surface area contributed by atoms with Gasteiger partial charge in [0.25, 0.3) is 0 Å². The van der Waals surface area contributed by atoms with E-state index in [9.17, 15) is 9.90 Å². The van der Waals surface area contributed by atoms with Gasteiger partial charge in [-0.3, -0.25) is 9.69 Å². The molecule has 4 nitrogen and oxygen atoms in total. The van der Waals surface area contributed by atoms with E-state index in [-0.39, 0.29) is 24.1 Å². The number of likely N-dealkylation sites (N-methyl/N-ethyl adjacent to an activating group) is 1. The molecule has 138 valence electrons. The Morgan fingerprint density at radius 2 is 1.96 bits per heavy atom. The highest BCUT2D eigenvalue weighted by Gasteiger charge is 2.38. The zero-order chi connectivity index (χ0) is 18.0. The predicted octanol–water partition coefficient (Wildman–Crippen LogP) is 3.37. The predicted molar refractivity (Wildman–Crippen MR) is 101 cm³/mol. The average molecular weight is 385 g/mol. The molecule has 25 heavy (non-hydrogen) atoms. The molecule has 0 unspecified atom stereocenters. The maximum Gasteiger partial charge on any atom is 0.227 e. The number of benzene rings is 1. The number of nitrogens with zero attached hydrogens (tertiary/aromatic N) is 2. The van der Waals surface area contributed by atoms with Gasteiger partial charge in [-0.25, -0.2) is 0 Å². The van der Waals surface area contributed by atoms with E-state index in [4.69, 9.17) is 23.2 Å². The second-order valence-corrected chi connectivity index (χ2v) is 8.09. The summed E-state index contributed by atoms with van der Waals surface area (Å²) in [5.74, 6) is 0.0870. The van der Waals surface area contributed by atoms with Gasteiger partial charge in [0.15, 0.2) is 0 Å². The molecule has 1 aromatic carbocycles. The van der Waals surface area contributed by atoms with Crippen molar-refractivity contribution in [1.82, 2.24) is 9.80 Å². The third kappa shape index (κ3) is 4.48. The lowest BCUT2D eigenvalue weighted by Gasteiger charge is -2.44. The molecule has 1 saturated heterocycles. The van der Waals surface area contributed by atoms with E-state index >= 15 is 0 Å². The maximum absolute atomic E-state index is 12.8. The molecule has 1 N–H and O–H groups in total. The first-order valence-electron chi connectivity index (χ1n) is 9.07. The summed E-state index contributed by atoms with van der Waals surface area (Å²) in [5, 5.41) is 11.1. The normalized spacial score (nSPS) is 27.4. The minimum absolute atomic E-state index is 0.0870. The van der Waals surface area contributed by atoms with Crippen LogP contribution in [-0.2, 0) is 11.2 Å². The van der Waals surface area contributed by atoms with Crippen molar-refractivity contribution in [2.45, 2.75) is 56.7 Å². The molecule has 1 aliphatic heterocycles. The largest absolute Gasteiger partial charge is 0.393 e. The van der Waals surface area contributed by atoms with Crippen LogP contribution in [-0.4, -0.2) is 59.1 Å². The molecule has 1 heterocycles. The zero-order valence-electron chi connectivity index (χ0n) is 14.6. The van der Waals surface area contributed by atoms with Crippen molar-refractivity contribution in [2.24, 2.45) is 0 Å². The van der Waals surface area contributed by atoms with E-state index in [1.54, 1.807) is 12.1 Å². The lowest BCUT2D eigenvalue weighted by molar-refractivity contribution is -0.134. The van der Waals surface area contributed by atoms with Crippen LogP contribution in [0.25, 0.3) is 0 Å². The molecule has 2 aliphatic rings. The van der Waals surface area contributed by atoms with Crippen LogP contribution in [0.2, 0.25) is 10.0 Å². The highest BCUT2D eigenvalue weighted by atomic mass is 35.5. The number of likely N-dealkylation sites (tertiary alicyclic amines) is 1. The SMILES string of the molecule is CN(C(=O)Cc1ccc(Cl)c(Cl)c1)[C@H]1CC[C@@H](O)C[C@@H]1N1CCCC1. The van der Waals surface area contributed by atoms with Gasteiger partial charge in [0, 0.05) is 19.1 Å². The van der Waals surface area contributed by atoms with Crippen LogP contribution in [0.15, 0.2) is 18.2 Å². The number of hydrogen-bond donors (Lipinski definition) is 1. The summed E-state index contributed by atoms with van der Waals surface area (Å²) in [4.78, 5) is 17.2. The van der Waals surface area contributed by atoms with Crippen LogP contribution < -0.4 is 0 Å². The summed E-state index contributed by atoms with van der Waals surface area (Å²) in [6.45, 7) is 2.14. The lowest BCUT2D eigenvalue weighted by Crippen LogP contribution is -2.55. The first kappa shape index (κ1) is 19.0. The van der Waals surface area contributed by atoms with Crippen molar-refractivity contribution in [3.8, 4) is 0 Å². The van der Waals surface area contributed by atoms with E-state index in [1.165, 1.54) is 12.8 Å². The van der Waals surface area contributed by atoms with E-state index in [0.717, 1.165) is 37.9 Å². The molecule has 3 atom stereocenters. The molecule has 2 fully saturated rings. The number of aliphatic hydroxyl groups is 1. The van der Waals surface area contributed by atoms with E-state index in [0.29, 0.717) is 16.5 Å². The summed E-state index contributed by atoms with van der Waals surface area (Å²) in [6.07, 6.45) is 4.86. The summed E-state index contributed by atoms with van der Waals surface area (Å²) < 4.78 is 0. The fraction of sp³-hybridized carbons (Fsp3) is 0.632. The molecule has 3 rings (SSSR count). The van der Waals surface area contributed by atoms with Crippen LogP contribution in [0.5, 0.6) is 0 Å². The number of aliphatic hydroxyl groups excluding tert-OH is 1. The summed E-state index contributed by atoms with van der Waals surface area (Å²) >= 11 is 12.0. The van der Waals surface area contributed by atoms with Crippen molar-refractivity contribution < 1.29 is 9.90 Å². The van der Waals surface area contributed by atoms with Gasteiger partial charge in [0.2, 0.25) is 5.91 Å². The van der Waals surface area contributed by atoms with Crippen LogP contribution in [0.4, 0.5) is 0 Å². The molecular weight excluding hydrogens is 359 g/mol. The summed E-state index contributed by atoms with van der Waals surface area (Å²) in [5.41, 5.74) is 0.875. The fourth-order valence-electron chi connectivity index (χ4n) is 4.16. The van der Waals surface area contributed by atoms with Gasteiger partial charge < -0.3 is 10.0 Å². The molecule has 0 aromatic heterocycles. The number of halogens is 2. The number of carbonyl (C=O) groups excluding carboxylic acids is 1. The molecule has 6 heteroatoms. The standard InChI is InChI=1S/C19H26Cl2N2O2/c1-22(19(25)11-13-4-6-15(20)16(21)10-13)17-7-5-14(24)12-18(17)23-8-2-3-9-23/h4,6,10,14,17-18,24H,2-3,5,7-9,11-12H2,1H3/t14-,17+,18+/m1/s1. The average Bonchev–Trinajstić information content (AvgIpc) is 3.12. The third-order valence-corrected chi connectivity index (χ3v) is 6.33. The number of carbonyl (C=O) groups is 1. The second kappa shape index (κ2) is 8.26. The van der Waals surface area contributed by atoms with E-state index < -0.39 is 0 Å². The Balaban J connectivity index is 1.69. The molecule has 1 aromatic rings. The van der Waals surface area contributed by atoms with Gasteiger partial charge in [-0.05, 0) is 62.9 Å². The summed E-state index contributed by atoms with van der Waals surface area (Å²) in [6, 6.07) is 5.77. The van der Waals surface area contributed by atoms with Gasteiger partial charge in [0.05, 0.1) is 22.6 Å². The van der Waals surface area contributed by atoms with Gasteiger partial charge >= 0.3 is 0 Å². The van der Waals surface area contributed by atoms with E-state index in [2.05, 4.69) is 4.90 Å². The van der Waals surface area contributed by atoms with Crippen molar-refractivity contribution in [2.75, 3.05) is 20.1 Å². The van der Waals surface area contributed by atoms with Crippen LogP contribution in [0, 0.1) is 0 Å². The first-order chi connectivity index (χ1) is 12.0. The second-order valence-electron chi connectivity index (χ2n) is 7.27. The Labute approximate surface area is 159 Å². The molecule has 0 spiro atoms. The Kier molecular flexibility index (Phi) is 6.26. The van der Waals surface area contributed by atoms with Crippen molar-refractivity contribution in [3.05, 3.63) is 33.8 Å². The number of hydrogen-bond acceptors (Lipinski definition) is 3. The van der Waals surface area contributed by atoms with Crippen molar-refractivity contribution >= 4 is 29.1 Å². The quantitative estimate of drug-likeness (QED) is 0.864. The van der Waals surface area contributed by atoms with Gasteiger partial charge in [0.1, 0.15) is 0 Å². The molecular formula is C19H26Cl2N2O2. The Morgan fingerprint density at radius 3 is 2.64 bits per heavy atom. The number of amides is 1. The maximum atomic E-state index is 12.8. The molecule has 1 saturated carbocycles. The minimum Gasteiger partial charge on any atom is -0.393 e. The highest BCUT2D eigenvalue weighted by molar-refractivity contribution is 6.42. The monoisotopic (exact) mass is 384 g/mol. The minimum atomic E-state index is -0.250. The highest BCUT2D eigenvalue weighted by Crippen LogP contribution is 2.30. The molecule has 0 radical (unpaired) electrons. The van der Waals surface area contributed by atoms with Crippen LogP contribution in [0.1, 0.15) is 37.7 Å². The first-order valence-corrected chi connectivity index (χ1v) is 9.83. The van der Waals surface area contributed by atoms with Crippen LogP contribution >= 0.6 is 23.2 Å². The summed E-state index contributed by atoms with van der Waals surface area (Å²) in [7, 11) is 1.89. The zero-order valence-corrected chi connectivity index (χ0v) is 16.1. The Bertz CT molecular complexity index is 619. The fourth-order valence-corrected chi connectivity index (χ4v) is 4.48. The lowest BCUT2D eigenvalue weighted by atomic mass is 9.86. The molecule has 0 bridgehead atoms. The van der Waals surface area contributed by atoms with Gasteiger partial charge in [-0.2, -0.15) is 0 Å². The topological polar surface area (TPSA) is 43.8 Å². The molecule has 1 aliphatic carbocycles. The van der Waals surface area contributed by atoms with Crippen molar-refractivity contribution in [1.29, 1.82) is 0 Å². The molecule has 1 amide bonds. The smallest absolute Gasteiger partial charge is 0.227 e. The Morgan fingerprint density at radius 1 is 1.24 bits per heavy atom. The van der Waals surface area contributed by atoms with Crippen molar-refractivity contribution in [3.63, 3.8) is 0 Å². The number of rotatable bonds is 4. The third-order valence-electron chi connectivity index (χ3n) is 5.59. The van der Waals surface area contributed by atoms with Gasteiger partial charge in [-0.1, -0.05) is 29.3 Å².